The standard InChI is InChI=1S/C19H14F5N3O3/c1-2-29-17(28)18(20,21)13-5-3-12(4-6-13)16-25-11-27(26-16)14-7-9-15(10-8-14)30-19(22,23)24/h3-11H,2H2,1H3. The first-order valence-corrected chi connectivity index (χ1v) is 8.54. The van der Waals surface area contributed by atoms with Crippen molar-refractivity contribution >= 4 is 5.97 Å². The predicted octanol–water partition coefficient (Wildman–Crippen LogP) is 4.49. The molecular formula is C19H14F5N3O3. The summed E-state index contributed by atoms with van der Waals surface area (Å²) in [5.41, 5.74) is 0.271. The molecule has 0 amide bonds. The first kappa shape index (κ1) is 21.2. The molecule has 0 aliphatic carbocycles. The molecule has 0 N–H and O–H groups in total. The van der Waals surface area contributed by atoms with Crippen LogP contribution in [0.25, 0.3) is 17.1 Å². The van der Waals surface area contributed by atoms with Crippen LogP contribution in [-0.2, 0) is 15.5 Å². The van der Waals surface area contributed by atoms with Gasteiger partial charge in [-0.15, -0.1) is 18.3 Å². The molecule has 0 radical (unpaired) electrons. The summed E-state index contributed by atoms with van der Waals surface area (Å²) in [6, 6.07) is 9.72. The van der Waals surface area contributed by atoms with Gasteiger partial charge >= 0.3 is 18.3 Å². The van der Waals surface area contributed by atoms with Gasteiger partial charge in [0.1, 0.15) is 12.1 Å². The van der Waals surface area contributed by atoms with Crippen molar-refractivity contribution < 1.29 is 36.2 Å². The van der Waals surface area contributed by atoms with Gasteiger partial charge in [0, 0.05) is 11.1 Å². The molecule has 0 bridgehead atoms. The number of benzene rings is 2. The van der Waals surface area contributed by atoms with Crippen LogP contribution in [0.5, 0.6) is 5.75 Å². The quantitative estimate of drug-likeness (QED) is 0.429. The molecule has 0 saturated carbocycles. The van der Waals surface area contributed by atoms with Gasteiger partial charge in [-0.2, -0.15) is 8.78 Å². The fraction of sp³-hybridized carbons (Fsp3) is 0.211. The number of carbonyl (C=O) groups is 1. The molecule has 0 aliphatic heterocycles. The number of aromatic nitrogens is 3. The Kier molecular flexibility index (Phi) is 5.72. The highest BCUT2D eigenvalue weighted by Crippen LogP contribution is 2.31. The van der Waals surface area contributed by atoms with Gasteiger partial charge in [-0.05, 0) is 31.2 Å². The average molecular weight is 427 g/mol. The van der Waals surface area contributed by atoms with Gasteiger partial charge in [0.25, 0.3) is 0 Å². The van der Waals surface area contributed by atoms with Gasteiger partial charge in [-0.3, -0.25) is 0 Å². The molecule has 30 heavy (non-hydrogen) atoms. The third kappa shape index (κ3) is 4.73. The van der Waals surface area contributed by atoms with Crippen molar-refractivity contribution in [3.63, 3.8) is 0 Å². The highest BCUT2D eigenvalue weighted by molar-refractivity contribution is 5.79. The molecule has 0 fully saturated rings. The molecule has 1 heterocycles. The lowest BCUT2D eigenvalue weighted by Crippen LogP contribution is -2.28. The topological polar surface area (TPSA) is 66.2 Å². The normalized spacial score (nSPS) is 11.9. The maximum atomic E-state index is 14.0. The largest absolute Gasteiger partial charge is 0.573 e. The Morgan fingerprint density at radius 2 is 1.63 bits per heavy atom. The highest BCUT2D eigenvalue weighted by atomic mass is 19.4. The van der Waals surface area contributed by atoms with Crippen LogP contribution >= 0.6 is 0 Å². The molecule has 158 valence electrons. The van der Waals surface area contributed by atoms with E-state index in [4.69, 9.17) is 0 Å². The zero-order valence-electron chi connectivity index (χ0n) is 15.4. The van der Waals surface area contributed by atoms with Crippen molar-refractivity contribution in [1.82, 2.24) is 14.8 Å². The Balaban J connectivity index is 1.77. The predicted molar refractivity (Wildman–Crippen MR) is 94.0 cm³/mol. The number of alkyl halides is 5. The Hall–Kier alpha value is -3.50. The summed E-state index contributed by atoms with van der Waals surface area (Å²) >= 11 is 0. The maximum Gasteiger partial charge on any atom is 0.573 e. The lowest BCUT2D eigenvalue weighted by molar-refractivity contribution is -0.274. The van der Waals surface area contributed by atoms with E-state index in [1.54, 1.807) is 0 Å². The van der Waals surface area contributed by atoms with Crippen LogP contribution in [-0.4, -0.2) is 33.7 Å². The van der Waals surface area contributed by atoms with Crippen LogP contribution in [0.1, 0.15) is 12.5 Å². The molecule has 0 saturated heterocycles. The van der Waals surface area contributed by atoms with Gasteiger partial charge in [-0.25, -0.2) is 14.5 Å². The number of hydrogen-bond donors (Lipinski definition) is 0. The van der Waals surface area contributed by atoms with Gasteiger partial charge in [0.15, 0.2) is 5.82 Å². The SMILES string of the molecule is CCOC(=O)C(F)(F)c1ccc(-c2ncn(-c3ccc(OC(F)(F)F)cc3)n2)cc1. The summed E-state index contributed by atoms with van der Waals surface area (Å²) in [5, 5.41) is 4.17. The van der Waals surface area contributed by atoms with Crippen LogP contribution in [0.3, 0.4) is 0 Å². The second kappa shape index (κ2) is 8.09. The van der Waals surface area contributed by atoms with E-state index in [0.29, 0.717) is 11.3 Å². The van der Waals surface area contributed by atoms with Gasteiger partial charge in [-0.1, -0.05) is 24.3 Å². The summed E-state index contributed by atoms with van der Waals surface area (Å²) in [4.78, 5) is 15.5. The van der Waals surface area contributed by atoms with Crippen LogP contribution in [0.15, 0.2) is 54.9 Å². The Morgan fingerprint density at radius 1 is 1.00 bits per heavy atom. The maximum absolute atomic E-state index is 14.0. The molecule has 0 spiro atoms. The first-order chi connectivity index (χ1) is 14.1. The smallest absolute Gasteiger partial charge is 0.461 e. The first-order valence-electron chi connectivity index (χ1n) is 8.54. The van der Waals surface area contributed by atoms with E-state index in [2.05, 4.69) is 19.6 Å². The van der Waals surface area contributed by atoms with E-state index >= 15 is 0 Å². The van der Waals surface area contributed by atoms with Gasteiger partial charge < -0.3 is 9.47 Å². The lowest BCUT2D eigenvalue weighted by Gasteiger charge is -2.14. The molecule has 3 rings (SSSR count). The molecule has 11 heteroatoms. The summed E-state index contributed by atoms with van der Waals surface area (Å²) < 4.78 is 74.2. The minimum atomic E-state index is -4.79. The van der Waals surface area contributed by atoms with E-state index in [9.17, 15) is 26.7 Å². The molecule has 6 nitrogen and oxygen atoms in total. The Morgan fingerprint density at radius 3 is 2.20 bits per heavy atom. The van der Waals surface area contributed by atoms with Crippen LogP contribution < -0.4 is 4.74 Å². The molecule has 1 aromatic heterocycles. The van der Waals surface area contributed by atoms with Crippen molar-refractivity contribution in [2.45, 2.75) is 19.2 Å². The van der Waals surface area contributed by atoms with E-state index in [1.165, 1.54) is 42.2 Å². The summed E-state index contributed by atoms with van der Waals surface area (Å²) in [6.45, 7) is 1.26. The fourth-order valence-electron chi connectivity index (χ4n) is 2.49. The Labute approximate surface area is 166 Å². The number of rotatable bonds is 6. The van der Waals surface area contributed by atoms with Crippen molar-refractivity contribution in [3.8, 4) is 22.8 Å². The average Bonchev–Trinajstić information content (AvgIpc) is 3.18. The zero-order chi connectivity index (χ0) is 21.9. The summed E-state index contributed by atoms with van der Waals surface area (Å²) in [6.07, 6.45) is -3.48. The van der Waals surface area contributed by atoms with Gasteiger partial charge in [0.2, 0.25) is 0 Å². The highest BCUT2D eigenvalue weighted by Gasteiger charge is 2.42. The third-order valence-electron chi connectivity index (χ3n) is 3.86. The number of halogens is 5. The van der Waals surface area contributed by atoms with Crippen molar-refractivity contribution in [2.75, 3.05) is 6.61 Å². The van der Waals surface area contributed by atoms with Crippen LogP contribution in [0, 0.1) is 0 Å². The summed E-state index contributed by atoms with van der Waals surface area (Å²) in [5.74, 6) is -5.62. The zero-order valence-corrected chi connectivity index (χ0v) is 15.4. The van der Waals surface area contributed by atoms with E-state index in [-0.39, 0.29) is 18.2 Å². The number of ether oxygens (including phenoxy) is 2. The second-order valence-corrected chi connectivity index (χ2v) is 5.93. The summed E-state index contributed by atoms with van der Waals surface area (Å²) in [7, 11) is 0. The van der Waals surface area contributed by atoms with Crippen molar-refractivity contribution in [1.29, 1.82) is 0 Å². The molecular weight excluding hydrogens is 413 g/mol. The monoisotopic (exact) mass is 427 g/mol. The van der Waals surface area contributed by atoms with Crippen molar-refractivity contribution in [2.24, 2.45) is 0 Å². The molecule has 3 aromatic rings. The van der Waals surface area contributed by atoms with E-state index in [0.717, 1.165) is 24.3 Å². The van der Waals surface area contributed by atoms with E-state index < -0.39 is 23.8 Å². The van der Waals surface area contributed by atoms with Crippen molar-refractivity contribution in [3.05, 3.63) is 60.4 Å². The lowest BCUT2D eigenvalue weighted by atomic mass is 10.1. The van der Waals surface area contributed by atoms with Crippen LogP contribution in [0.4, 0.5) is 22.0 Å². The molecule has 0 atom stereocenters. The molecule has 0 aliphatic rings. The number of nitrogens with zero attached hydrogens (tertiary/aromatic N) is 3. The number of carbonyl (C=O) groups excluding carboxylic acids is 1. The van der Waals surface area contributed by atoms with Gasteiger partial charge in [0.05, 0.1) is 12.3 Å². The number of hydrogen-bond acceptors (Lipinski definition) is 5. The number of esters is 1. The second-order valence-electron chi connectivity index (χ2n) is 5.93. The Bertz CT molecular complexity index is 1020. The minimum Gasteiger partial charge on any atom is -0.461 e. The van der Waals surface area contributed by atoms with E-state index in [1.807, 2.05) is 0 Å². The fourth-order valence-corrected chi connectivity index (χ4v) is 2.49. The molecule has 0 unspecified atom stereocenters. The van der Waals surface area contributed by atoms with Crippen LogP contribution in [0.2, 0.25) is 0 Å². The minimum absolute atomic E-state index is 0.169. The molecule has 2 aromatic carbocycles. The third-order valence-corrected chi connectivity index (χ3v) is 3.86.